The van der Waals surface area contributed by atoms with E-state index >= 15 is 0 Å². The summed E-state index contributed by atoms with van der Waals surface area (Å²) in [4.78, 5) is 13.4. The summed E-state index contributed by atoms with van der Waals surface area (Å²) in [6.07, 6.45) is -2.22. The lowest BCUT2D eigenvalue weighted by Crippen LogP contribution is -2.25. The summed E-state index contributed by atoms with van der Waals surface area (Å²) in [6.45, 7) is -0.0909. The van der Waals surface area contributed by atoms with Gasteiger partial charge in [-0.2, -0.15) is 0 Å². The quantitative estimate of drug-likeness (QED) is 0.548. The minimum Gasteiger partial charge on any atom is -0.494 e. The van der Waals surface area contributed by atoms with E-state index in [1.54, 1.807) is 12.1 Å². The van der Waals surface area contributed by atoms with Crippen molar-refractivity contribution in [1.82, 2.24) is 4.90 Å². The first-order chi connectivity index (χ1) is 12.7. The predicted molar refractivity (Wildman–Crippen MR) is 91.6 cm³/mol. The zero-order valence-corrected chi connectivity index (χ0v) is 14.6. The molecule has 2 rings (SSSR count). The van der Waals surface area contributed by atoms with Gasteiger partial charge in [0.2, 0.25) is 5.91 Å². The van der Waals surface area contributed by atoms with Crippen molar-refractivity contribution >= 4 is 12.0 Å². The molecule has 8 heteroatoms. The van der Waals surface area contributed by atoms with Crippen LogP contribution in [0.2, 0.25) is 0 Å². The van der Waals surface area contributed by atoms with Crippen molar-refractivity contribution in [2.24, 2.45) is 0 Å². The van der Waals surface area contributed by atoms with E-state index in [1.165, 1.54) is 61.5 Å². The van der Waals surface area contributed by atoms with Crippen molar-refractivity contribution in [2.45, 2.75) is 12.9 Å². The summed E-state index contributed by atoms with van der Waals surface area (Å²) in [5, 5.41) is 0. The lowest BCUT2D eigenvalue weighted by Gasteiger charge is -2.18. The van der Waals surface area contributed by atoms with Crippen LogP contribution in [-0.4, -0.2) is 31.3 Å². The highest BCUT2D eigenvalue weighted by Gasteiger charge is 2.32. The van der Waals surface area contributed by atoms with E-state index in [1.807, 2.05) is 0 Å². The number of nitrogens with zero attached hydrogens (tertiary/aromatic N) is 1. The van der Waals surface area contributed by atoms with Gasteiger partial charge < -0.3 is 14.4 Å². The average molecular weight is 383 g/mol. The third-order valence-corrected chi connectivity index (χ3v) is 3.58. The molecule has 1 amide bonds. The summed E-state index contributed by atoms with van der Waals surface area (Å²) in [5.41, 5.74) is 0.644. The maximum atomic E-state index is 13.6. The smallest absolute Gasteiger partial charge is 0.494 e. The Morgan fingerprint density at radius 3 is 2.48 bits per heavy atom. The summed E-state index contributed by atoms with van der Waals surface area (Å²) >= 11 is 0. The molecule has 0 spiro atoms. The molecule has 144 valence electrons. The average Bonchev–Trinajstić information content (AvgIpc) is 2.60. The van der Waals surface area contributed by atoms with E-state index in [9.17, 15) is 22.4 Å². The van der Waals surface area contributed by atoms with Gasteiger partial charge in [0.15, 0.2) is 11.6 Å². The first kappa shape index (κ1) is 20.3. The number of hydrogen-bond donors (Lipinski definition) is 0. The van der Waals surface area contributed by atoms with Crippen LogP contribution in [0.5, 0.6) is 11.5 Å². The SMILES string of the molecule is COc1ccc(/C=C/C(=O)N(C)Cc2ccccc2OC(F)(F)F)cc1F. The molecule has 2 aromatic carbocycles. The molecule has 0 saturated heterocycles. The summed E-state index contributed by atoms with van der Waals surface area (Å²) in [5.74, 6) is -1.32. The Bertz CT molecular complexity index is 834. The van der Waals surface area contributed by atoms with Crippen LogP contribution < -0.4 is 9.47 Å². The van der Waals surface area contributed by atoms with Gasteiger partial charge in [-0.25, -0.2) is 4.39 Å². The third kappa shape index (κ3) is 6.02. The van der Waals surface area contributed by atoms with Crippen LogP contribution in [0.3, 0.4) is 0 Å². The molecule has 0 saturated carbocycles. The van der Waals surface area contributed by atoms with E-state index in [0.717, 1.165) is 0 Å². The van der Waals surface area contributed by atoms with Crippen LogP contribution in [0, 0.1) is 5.82 Å². The Morgan fingerprint density at radius 2 is 1.85 bits per heavy atom. The zero-order chi connectivity index (χ0) is 20.0. The van der Waals surface area contributed by atoms with Crippen molar-refractivity contribution in [3.63, 3.8) is 0 Å². The van der Waals surface area contributed by atoms with Gasteiger partial charge >= 0.3 is 6.36 Å². The second-order valence-electron chi connectivity index (χ2n) is 5.58. The number of para-hydroxylation sites is 1. The molecule has 0 N–H and O–H groups in total. The highest BCUT2D eigenvalue weighted by molar-refractivity contribution is 5.91. The second kappa shape index (κ2) is 8.57. The van der Waals surface area contributed by atoms with E-state index in [-0.39, 0.29) is 23.6 Å². The van der Waals surface area contributed by atoms with Crippen molar-refractivity contribution in [3.05, 3.63) is 65.5 Å². The van der Waals surface area contributed by atoms with Crippen molar-refractivity contribution in [2.75, 3.05) is 14.2 Å². The van der Waals surface area contributed by atoms with Crippen LogP contribution in [0.4, 0.5) is 17.6 Å². The van der Waals surface area contributed by atoms with Gasteiger partial charge in [0, 0.05) is 25.2 Å². The Labute approximate surface area is 153 Å². The molecule has 27 heavy (non-hydrogen) atoms. The minimum absolute atomic E-state index is 0.0804. The zero-order valence-electron chi connectivity index (χ0n) is 14.6. The van der Waals surface area contributed by atoms with Crippen molar-refractivity contribution < 1.29 is 31.8 Å². The predicted octanol–water partition coefficient (Wildman–Crippen LogP) is 4.40. The molecule has 0 aromatic heterocycles. The highest BCUT2D eigenvalue weighted by atomic mass is 19.4. The number of benzene rings is 2. The number of alkyl halides is 3. The lowest BCUT2D eigenvalue weighted by atomic mass is 10.1. The largest absolute Gasteiger partial charge is 0.573 e. The normalized spacial score (nSPS) is 11.5. The number of amides is 1. The number of carbonyl (C=O) groups excluding carboxylic acids is 1. The van der Waals surface area contributed by atoms with E-state index in [2.05, 4.69) is 4.74 Å². The lowest BCUT2D eigenvalue weighted by molar-refractivity contribution is -0.275. The van der Waals surface area contributed by atoms with Gasteiger partial charge in [0.05, 0.1) is 7.11 Å². The van der Waals surface area contributed by atoms with Gasteiger partial charge in [-0.1, -0.05) is 24.3 Å². The van der Waals surface area contributed by atoms with Gasteiger partial charge in [-0.05, 0) is 29.8 Å². The minimum atomic E-state index is -4.82. The number of hydrogen-bond acceptors (Lipinski definition) is 3. The number of rotatable bonds is 6. The van der Waals surface area contributed by atoms with Gasteiger partial charge in [0.1, 0.15) is 5.75 Å². The topological polar surface area (TPSA) is 38.8 Å². The molecule has 0 aliphatic heterocycles. The first-order valence-corrected chi connectivity index (χ1v) is 7.80. The molecule has 0 bridgehead atoms. The Morgan fingerprint density at radius 1 is 1.15 bits per heavy atom. The number of methoxy groups -OCH3 is 1. The number of ether oxygens (including phenoxy) is 2. The summed E-state index contributed by atoms with van der Waals surface area (Å²) in [7, 11) is 2.78. The van der Waals surface area contributed by atoms with Gasteiger partial charge in [-0.15, -0.1) is 13.2 Å². The van der Waals surface area contributed by atoms with Crippen LogP contribution in [-0.2, 0) is 11.3 Å². The monoisotopic (exact) mass is 383 g/mol. The van der Waals surface area contributed by atoms with Crippen LogP contribution in [0.25, 0.3) is 6.08 Å². The number of carbonyl (C=O) groups is 1. The molecule has 0 fully saturated rings. The van der Waals surface area contributed by atoms with E-state index in [0.29, 0.717) is 5.56 Å². The first-order valence-electron chi connectivity index (χ1n) is 7.80. The maximum Gasteiger partial charge on any atom is 0.573 e. The van der Waals surface area contributed by atoms with Crippen LogP contribution >= 0.6 is 0 Å². The van der Waals surface area contributed by atoms with E-state index in [4.69, 9.17) is 4.74 Å². The Hall–Kier alpha value is -3.03. The fraction of sp³-hybridized carbons (Fsp3) is 0.211. The van der Waals surface area contributed by atoms with E-state index < -0.39 is 18.1 Å². The van der Waals surface area contributed by atoms with Crippen molar-refractivity contribution in [1.29, 1.82) is 0 Å². The fourth-order valence-electron chi connectivity index (χ4n) is 2.27. The summed E-state index contributed by atoms with van der Waals surface area (Å²) in [6, 6.07) is 9.77. The third-order valence-electron chi connectivity index (χ3n) is 3.58. The second-order valence-corrected chi connectivity index (χ2v) is 5.58. The standard InChI is InChI=1S/C19H17F4NO3/c1-24(12-14-5-3-4-6-16(14)27-19(21,22)23)18(25)10-8-13-7-9-17(26-2)15(20)11-13/h3-11H,12H2,1-2H3/b10-8+. The molecular weight excluding hydrogens is 366 g/mol. The highest BCUT2D eigenvalue weighted by Crippen LogP contribution is 2.27. The molecular formula is C19H17F4NO3. The molecule has 0 radical (unpaired) electrons. The molecule has 0 aliphatic carbocycles. The molecule has 4 nitrogen and oxygen atoms in total. The molecule has 0 unspecified atom stereocenters. The van der Waals surface area contributed by atoms with Crippen molar-refractivity contribution in [3.8, 4) is 11.5 Å². The fourth-order valence-corrected chi connectivity index (χ4v) is 2.27. The maximum absolute atomic E-state index is 13.6. The van der Waals surface area contributed by atoms with Gasteiger partial charge in [0.25, 0.3) is 0 Å². The molecule has 0 heterocycles. The van der Waals surface area contributed by atoms with Crippen LogP contribution in [0.1, 0.15) is 11.1 Å². The Balaban J connectivity index is 2.07. The Kier molecular flexibility index (Phi) is 6.44. The van der Waals surface area contributed by atoms with Gasteiger partial charge in [-0.3, -0.25) is 4.79 Å². The number of likely N-dealkylation sites (N-methyl/N-ethyl adjacent to an activating group) is 1. The number of halogens is 4. The molecule has 0 atom stereocenters. The molecule has 2 aromatic rings. The van der Waals surface area contributed by atoms with Crippen LogP contribution in [0.15, 0.2) is 48.5 Å². The molecule has 0 aliphatic rings. The summed E-state index contributed by atoms with van der Waals surface area (Å²) < 4.78 is 59.8.